The lowest BCUT2D eigenvalue weighted by Crippen LogP contribution is -2.41. The zero-order chi connectivity index (χ0) is 19.6. The first-order valence-electron chi connectivity index (χ1n) is 8.59. The highest BCUT2D eigenvalue weighted by Gasteiger charge is 2.15. The molecule has 0 heterocycles. The van der Waals surface area contributed by atoms with E-state index >= 15 is 0 Å². The van der Waals surface area contributed by atoms with E-state index in [1.165, 1.54) is 40.9 Å². The van der Waals surface area contributed by atoms with Crippen molar-refractivity contribution >= 4 is 23.6 Å². The number of thioether (sulfide) groups is 1. The van der Waals surface area contributed by atoms with Gasteiger partial charge in [-0.15, -0.1) is 11.8 Å². The van der Waals surface area contributed by atoms with Gasteiger partial charge in [0.05, 0.1) is 12.3 Å². The molecule has 0 radical (unpaired) electrons. The molecule has 2 amide bonds. The quantitative estimate of drug-likeness (QED) is 0.712. The Kier molecular flexibility index (Phi) is 8.26. The number of likely N-dealkylation sites (N-methyl/N-ethyl adjacent to an activating group) is 1. The smallest absolute Gasteiger partial charge is 0.239 e. The van der Waals surface area contributed by atoms with Crippen molar-refractivity contribution in [3.8, 4) is 0 Å². The standard InChI is InChI=1S/C20H22F2N2O2S/c1-2-24(12-19(25)23-11-15-3-7-17(21)8-4-15)20(26)14-27-13-16-5-9-18(22)10-6-16/h3-10H,2,11-14H2,1H3,(H,23,25). The van der Waals surface area contributed by atoms with E-state index in [2.05, 4.69) is 5.32 Å². The van der Waals surface area contributed by atoms with Crippen LogP contribution in [0.25, 0.3) is 0 Å². The second kappa shape index (κ2) is 10.7. The molecular weight excluding hydrogens is 370 g/mol. The van der Waals surface area contributed by atoms with Crippen LogP contribution in [-0.4, -0.2) is 35.6 Å². The number of rotatable bonds is 9. The summed E-state index contributed by atoms with van der Waals surface area (Å²) >= 11 is 1.42. The molecule has 0 unspecified atom stereocenters. The summed E-state index contributed by atoms with van der Waals surface area (Å²) in [5.41, 5.74) is 1.73. The number of hydrogen-bond acceptors (Lipinski definition) is 3. The normalized spacial score (nSPS) is 10.5. The SMILES string of the molecule is CCN(CC(=O)NCc1ccc(F)cc1)C(=O)CSCc1ccc(F)cc1. The average Bonchev–Trinajstić information content (AvgIpc) is 2.67. The molecule has 0 saturated carbocycles. The van der Waals surface area contributed by atoms with E-state index in [0.717, 1.165) is 11.1 Å². The minimum atomic E-state index is -0.328. The monoisotopic (exact) mass is 392 g/mol. The molecule has 27 heavy (non-hydrogen) atoms. The van der Waals surface area contributed by atoms with E-state index in [-0.39, 0.29) is 42.3 Å². The average molecular weight is 392 g/mol. The highest BCUT2D eigenvalue weighted by molar-refractivity contribution is 7.99. The molecule has 2 aromatic carbocycles. The third kappa shape index (κ3) is 7.38. The van der Waals surface area contributed by atoms with Gasteiger partial charge in [0.1, 0.15) is 11.6 Å². The van der Waals surface area contributed by atoms with Crippen LogP contribution in [0.5, 0.6) is 0 Å². The Morgan fingerprint density at radius 2 is 1.52 bits per heavy atom. The van der Waals surface area contributed by atoms with Crippen LogP contribution in [0.4, 0.5) is 8.78 Å². The summed E-state index contributed by atoms with van der Waals surface area (Å²) in [6.45, 7) is 2.51. The van der Waals surface area contributed by atoms with E-state index < -0.39 is 0 Å². The van der Waals surface area contributed by atoms with Crippen LogP contribution >= 0.6 is 11.8 Å². The fraction of sp³-hybridized carbons (Fsp3) is 0.300. The van der Waals surface area contributed by atoms with Crippen LogP contribution in [0.15, 0.2) is 48.5 Å². The van der Waals surface area contributed by atoms with Gasteiger partial charge in [0.2, 0.25) is 11.8 Å². The Morgan fingerprint density at radius 3 is 2.07 bits per heavy atom. The van der Waals surface area contributed by atoms with Crippen LogP contribution in [0.3, 0.4) is 0 Å². The number of benzene rings is 2. The lowest BCUT2D eigenvalue weighted by Gasteiger charge is -2.20. The molecule has 0 aliphatic rings. The fourth-order valence-corrected chi connectivity index (χ4v) is 3.22. The molecule has 0 atom stereocenters. The van der Waals surface area contributed by atoms with Crippen molar-refractivity contribution in [3.05, 3.63) is 71.3 Å². The van der Waals surface area contributed by atoms with Crippen molar-refractivity contribution in [1.82, 2.24) is 10.2 Å². The predicted octanol–water partition coefficient (Wildman–Crippen LogP) is 3.36. The van der Waals surface area contributed by atoms with Gasteiger partial charge in [-0.25, -0.2) is 8.78 Å². The van der Waals surface area contributed by atoms with E-state index in [1.54, 1.807) is 24.3 Å². The first kappa shape index (κ1) is 20.9. The maximum Gasteiger partial charge on any atom is 0.239 e. The van der Waals surface area contributed by atoms with Gasteiger partial charge < -0.3 is 10.2 Å². The molecule has 7 heteroatoms. The Bertz CT molecular complexity index is 752. The van der Waals surface area contributed by atoms with Crippen LogP contribution in [-0.2, 0) is 21.9 Å². The number of carbonyl (C=O) groups excluding carboxylic acids is 2. The summed E-state index contributed by atoms with van der Waals surface area (Å²) in [6, 6.07) is 12.0. The highest BCUT2D eigenvalue weighted by atomic mass is 32.2. The van der Waals surface area contributed by atoms with Gasteiger partial charge in [-0.2, -0.15) is 0 Å². The molecule has 0 spiro atoms. The Balaban J connectivity index is 1.73. The van der Waals surface area contributed by atoms with Crippen LogP contribution in [0.1, 0.15) is 18.1 Å². The minimum Gasteiger partial charge on any atom is -0.350 e. The molecule has 4 nitrogen and oxygen atoms in total. The number of hydrogen-bond donors (Lipinski definition) is 1. The molecule has 1 N–H and O–H groups in total. The summed E-state index contributed by atoms with van der Waals surface area (Å²) in [6.07, 6.45) is 0. The van der Waals surface area contributed by atoms with Gasteiger partial charge in [0, 0.05) is 18.8 Å². The number of nitrogens with zero attached hydrogens (tertiary/aromatic N) is 1. The van der Waals surface area contributed by atoms with E-state index in [9.17, 15) is 18.4 Å². The van der Waals surface area contributed by atoms with E-state index in [4.69, 9.17) is 0 Å². The van der Waals surface area contributed by atoms with Crippen molar-refractivity contribution in [3.63, 3.8) is 0 Å². The minimum absolute atomic E-state index is 0.0202. The number of nitrogens with one attached hydrogen (secondary N) is 1. The second-order valence-corrected chi connectivity index (χ2v) is 6.92. The van der Waals surface area contributed by atoms with E-state index in [0.29, 0.717) is 12.3 Å². The third-order valence-electron chi connectivity index (χ3n) is 3.88. The van der Waals surface area contributed by atoms with Crippen molar-refractivity contribution in [2.75, 3.05) is 18.8 Å². The first-order chi connectivity index (χ1) is 13.0. The summed E-state index contributed by atoms with van der Waals surface area (Å²) in [7, 11) is 0. The van der Waals surface area contributed by atoms with Crippen molar-refractivity contribution in [1.29, 1.82) is 0 Å². The molecule has 0 fully saturated rings. The van der Waals surface area contributed by atoms with Gasteiger partial charge in [0.25, 0.3) is 0 Å². The zero-order valence-electron chi connectivity index (χ0n) is 15.1. The van der Waals surface area contributed by atoms with Crippen LogP contribution < -0.4 is 5.32 Å². The Hall–Kier alpha value is -2.41. The first-order valence-corrected chi connectivity index (χ1v) is 9.74. The van der Waals surface area contributed by atoms with Crippen molar-refractivity contribution in [2.45, 2.75) is 19.2 Å². The van der Waals surface area contributed by atoms with Crippen LogP contribution in [0, 0.1) is 11.6 Å². The molecule has 2 aromatic rings. The second-order valence-electron chi connectivity index (χ2n) is 5.93. The predicted molar refractivity (Wildman–Crippen MR) is 103 cm³/mol. The largest absolute Gasteiger partial charge is 0.350 e. The lowest BCUT2D eigenvalue weighted by molar-refractivity contribution is -0.133. The molecule has 0 aliphatic heterocycles. The number of carbonyl (C=O) groups is 2. The van der Waals surface area contributed by atoms with E-state index in [1.807, 2.05) is 6.92 Å². The molecule has 0 saturated heterocycles. The molecule has 2 rings (SSSR count). The zero-order valence-corrected chi connectivity index (χ0v) is 15.9. The molecular formula is C20H22F2N2O2S. The summed E-state index contributed by atoms with van der Waals surface area (Å²) in [4.78, 5) is 25.8. The summed E-state index contributed by atoms with van der Waals surface area (Å²) < 4.78 is 25.7. The summed E-state index contributed by atoms with van der Waals surface area (Å²) in [5.74, 6) is -0.161. The Labute approximate surface area is 161 Å². The maximum atomic E-state index is 12.9. The van der Waals surface area contributed by atoms with Gasteiger partial charge >= 0.3 is 0 Å². The molecule has 0 bridgehead atoms. The number of halogens is 2. The van der Waals surface area contributed by atoms with Crippen molar-refractivity contribution in [2.24, 2.45) is 0 Å². The number of amides is 2. The maximum absolute atomic E-state index is 12.9. The van der Waals surface area contributed by atoms with Gasteiger partial charge in [-0.3, -0.25) is 9.59 Å². The third-order valence-corrected chi connectivity index (χ3v) is 4.87. The van der Waals surface area contributed by atoms with Crippen LogP contribution in [0.2, 0.25) is 0 Å². The lowest BCUT2D eigenvalue weighted by atomic mass is 10.2. The van der Waals surface area contributed by atoms with Crippen molar-refractivity contribution < 1.29 is 18.4 Å². The molecule has 0 aliphatic carbocycles. The summed E-state index contributed by atoms with van der Waals surface area (Å²) in [5, 5.41) is 2.73. The van der Waals surface area contributed by atoms with Gasteiger partial charge in [0.15, 0.2) is 0 Å². The van der Waals surface area contributed by atoms with Gasteiger partial charge in [-0.05, 0) is 42.3 Å². The van der Waals surface area contributed by atoms with Gasteiger partial charge in [-0.1, -0.05) is 24.3 Å². The molecule has 0 aromatic heterocycles. The molecule has 144 valence electrons. The Morgan fingerprint density at radius 1 is 0.963 bits per heavy atom. The topological polar surface area (TPSA) is 49.4 Å². The highest BCUT2D eigenvalue weighted by Crippen LogP contribution is 2.13. The fourth-order valence-electron chi connectivity index (χ4n) is 2.34.